The van der Waals surface area contributed by atoms with Crippen LogP contribution < -0.4 is 5.11 Å². The van der Waals surface area contributed by atoms with E-state index >= 15 is 0 Å². The summed E-state index contributed by atoms with van der Waals surface area (Å²) in [4.78, 5) is 9.93. The molecular formula is C11H25NO7. The van der Waals surface area contributed by atoms with E-state index in [1.807, 2.05) is 0 Å². The lowest BCUT2D eigenvalue weighted by molar-refractivity contribution is -0.959. The van der Waals surface area contributed by atoms with Gasteiger partial charge in [-0.25, -0.2) is 0 Å². The Labute approximate surface area is 112 Å². The number of hydrogen-bond acceptors (Lipinski definition) is 7. The Hall–Kier alpha value is -0.770. The zero-order valence-electron chi connectivity index (χ0n) is 11.4. The second kappa shape index (κ2) is 11.1. The van der Waals surface area contributed by atoms with E-state index in [2.05, 4.69) is 0 Å². The average molecular weight is 283 g/mol. The topological polar surface area (TPSA) is 141 Å². The highest BCUT2D eigenvalue weighted by Gasteiger charge is 2.15. The molecule has 0 aliphatic carbocycles. The van der Waals surface area contributed by atoms with Gasteiger partial charge in [0.1, 0.15) is 0 Å². The van der Waals surface area contributed by atoms with E-state index in [0.29, 0.717) is 6.42 Å². The van der Waals surface area contributed by atoms with Gasteiger partial charge in [0.15, 0.2) is 20.2 Å². The molecule has 2 atom stereocenters. The minimum atomic E-state index is -1.29. The molecule has 0 heterocycles. The molecule has 0 aromatic carbocycles. The van der Waals surface area contributed by atoms with Gasteiger partial charge in [-0.15, -0.1) is 0 Å². The molecule has 0 radical (unpaired) electrons. The predicted molar refractivity (Wildman–Crippen MR) is 64.0 cm³/mol. The number of hydrogen-bond donors (Lipinski definition) is 5. The van der Waals surface area contributed by atoms with Crippen LogP contribution in [-0.2, 0) is 4.79 Å². The molecule has 0 saturated carbocycles. The van der Waals surface area contributed by atoms with Crippen molar-refractivity contribution >= 4 is 5.97 Å². The summed E-state index contributed by atoms with van der Waals surface area (Å²) in [6.07, 6.45) is -1.40. The van der Waals surface area contributed by atoms with Crippen molar-refractivity contribution in [3.63, 3.8) is 0 Å². The Morgan fingerprint density at radius 2 is 1.53 bits per heavy atom. The number of carboxylic acid groups (broad SMARTS) is 1. The number of rotatable bonds is 8. The van der Waals surface area contributed by atoms with Gasteiger partial charge >= 0.3 is 0 Å². The Morgan fingerprint density at radius 1 is 1.11 bits per heavy atom. The highest BCUT2D eigenvalue weighted by molar-refractivity contribution is 5.64. The third-order valence-corrected chi connectivity index (χ3v) is 2.44. The summed E-state index contributed by atoms with van der Waals surface area (Å²) in [5, 5.41) is 53.1. The van der Waals surface area contributed by atoms with Gasteiger partial charge in [0.2, 0.25) is 0 Å². The maximum absolute atomic E-state index is 9.93. The molecule has 0 aliphatic rings. The van der Waals surface area contributed by atoms with Gasteiger partial charge in [-0.3, -0.25) is 4.48 Å². The number of aliphatic hydroxyl groups excluding tert-OH is 5. The highest BCUT2D eigenvalue weighted by atomic mass is 16.4. The zero-order valence-corrected chi connectivity index (χ0v) is 11.4. The summed E-state index contributed by atoms with van der Waals surface area (Å²) < 4.78 is -0.125. The molecule has 8 nitrogen and oxygen atoms in total. The molecule has 0 amide bonds. The van der Waals surface area contributed by atoms with Crippen LogP contribution in [0.2, 0.25) is 0 Å². The average Bonchev–Trinajstić information content (AvgIpc) is 2.37. The van der Waals surface area contributed by atoms with Gasteiger partial charge in [-0.1, -0.05) is 6.92 Å². The lowest BCUT2D eigenvalue weighted by atomic mass is 10.1. The molecule has 0 bridgehead atoms. The van der Waals surface area contributed by atoms with Crippen molar-refractivity contribution < 1.29 is 39.9 Å². The van der Waals surface area contributed by atoms with Crippen molar-refractivity contribution in [1.29, 1.82) is 0 Å². The monoisotopic (exact) mass is 283 g/mol. The van der Waals surface area contributed by atoms with E-state index < -0.39 is 24.6 Å². The number of aliphatic hydroxyl groups is 5. The first-order chi connectivity index (χ1) is 8.74. The maximum atomic E-state index is 9.93. The van der Waals surface area contributed by atoms with Gasteiger partial charge in [0.05, 0.1) is 19.3 Å². The van der Waals surface area contributed by atoms with Crippen molar-refractivity contribution in [2.24, 2.45) is 0 Å². The van der Waals surface area contributed by atoms with E-state index in [9.17, 15) is 9.90 Å². The first-order valence-electron chi connectivity index (χ1n) is 5.96. The van der Waals surface area contributed by atoms with E-state index in [4.69, 9.17) is 25.5 Å². The summed E-state index contributed by atoms with van der Waals surface area (Å²) >= 11 is 0. The van der Waals surface area contributed by atoms with Crippen LogP contribution in [0.3, 0.4) is 0 Å². The molecule has 0 spiro atoms. The zero-order chi connectivity index (χ0) is 15.5. The van der Waals surface area contributed by atoms with E-state index in [-0.39, 0.29) is 31.1 Å². The molecule has 0 aliphatic heterocycles. The third kappa shape index (κ3) is 12.0. The maximum Gasteiger partial charge on any atom is 0.183 e. The lowest BCUT2D eigenvalue weighted by Gasteiger charge is -2.25. The minimum absolute atomic E-state index is 0.102. The highest BCUT2D eigenvalue weighted by Crippen LogP contribution is 2.04. The smallest absolute Gasteiger partial charge is 0.183 e. The molecule has 0 saturated heterocycles. The Bertz CT molecular complexity index is 225. The van der Waals surface area contributed by atoms with E-state index in [0.717, 1.165) is 0 Å². The Kier molecular flexibility index (Phi) is 12.0. The van der Waals surface area contributed by atoms with Gasteiger partial charge in [-0.05, 0) is 12.8 Å². The normalized spacial score (nSPS) is 14.3. The van der Waals surface area contributed by atoms with Crippen LogP contribution in [0.15, 0.2) is 0 Å². The van der Waals surface area contributed by atoms with Crippen LogP contribution in [0.1, 0.15) is 26.2 Å². The second-order valence-electron chi connectivity index (χ2n) is 4.57. The molecule has 0 aromatic rings. The SMILES string of the molecule is CC[C@@H](O)C[C@@H](O)CC(=O)[O-].C[N+](CO)(CO)CO. The molecule has 0 rings (SSSR count). The van der Waals surface area contributed by atoms with Crippen LogP contribution in [0.25, 0.3) is 0 Å². The molecule has 0 unspecified atom stereocenters. The van der Waals surface area contributed by atoms with Crippen molar-refractivity contribution in [3.05, 3.63) is 0 Å². The van der Waals surface area contributed by atoms with Crippen LogP contribution in [0.4, 0.5) is 0 Å². The molecule has 0 fully saturated rings. The van der Waals surface area contributed by atoms with Gasteiger partial charge in [-0.2, -0.15) is 0 Å². The fraction of sp³-hybridized carbons (Fsp3) is 0.909. The van der Waals surface area contributed by atoms with Gasteiger partial charge in [0, 0.05) is 12.4 Å². The first-order valence-corrected chi connectivity index (χ1v) is 5.96. The Morgan fingerprint density at radius 3 is 1.74 bits per heavy atom. The van der Waals surface area contributed by atoms with Gasteiger partial charge < -0.3 is 35.4 Å². The van der Waals surface area contributed by atoms with Crippen molar-refractivity contribution in [2.75, 3.05) is 27.2 Å². The summed E-state index contributed by atoms with van der Waals surface area (Å²) in [7, 11) is 1.54. The molecule has 8 heteroatoms. The van der Waals surface area contributed by atoms with Crippen LogP contribution >= 0.6 is 0 Å². The quantitative estimate of drug-likeness (QED) is 0.235. The number of carbonyl (C=O) groups is 1. The third-order valence-electron chi connectivity index (χ3n) is 2.44. The largest absolute Gasteiger partial charge is 0.550 e. The molecule has 116 valence electrons. The number of quaternary nitrogens is 1. The summed E-state index contributed by atoms with van der Waals surface area (Å²) in [5.74, 6) is -1.29. The second-order valence-corrected chi connectivity index (χ2v) is 4.57. The van der Waals surface area contributed by atoms with Gasteiger partial charge in [0.25, 0.3) is 0 Å². The summed E-state index contributed by atoms with van der Waals surface area (Å²) in [6.45, 7) is 1.03. The Balaban J connectivity index is 0. The molecule has 19 heavy (non-hydrogen) atoms. The van der Waals surface area contributed by atoms with Crippen LogP contribution in [0.5, 0.6) is 0 Å². The van der Waals surface area contributed by atoms with E-state index in [1.165, 1.54) is 0 Å². The first kappa shape index (κ1) is 20.5. The summed E-state index contributed by atoms with van der Waals surface area (Å²) in [6, 6.07) is 0. The van der Waals surface area contributed by atoms with Crippen LogP contribution in [0, 0.1) is 0 Å². The standard InChI is InChI=1S/C7H14O4.C4H12NO3/c1-2-5(8)3-6(9)4-7(10)11;1-5(2-6,3-7)4-8/h5-6,8-9H,2-4H2,1H3,(H,10,11);6-8H,2-4H2,1H3/q;+1/p-1/t5-,6-;/m1./s1. The van der Waals surface area contributed by atoms with E-state index in [1.54, 1.807) is 14.0 Å². The predicted octanol–water partition coefficient (Wildman–Crippen LogP) is -3.07. The lowest BCUT2D eigenvalue weighted by Crippen LogP contribution is -2.46. The number of carboxylic acids is 1. The molecular weight excluding hydrogens is 258 g/mol. The van der Waals surface area contributed by atoms with Crippen molar-refractivity contribution in [2.45, 2.75) is 38.4 Å². The molecule has 5 N–H and O–H groups in total. The summed E-state index contributed by atoms with van der Waals surface area (Å²) in [5.41, 5.74) is 0. The number of carbonyl (C=O) groups excluding carboxylic acids is 1. The molecule has 0 aromatic heterocycles. The fourth-order valence-electron chi connectivity index (χ4n) is 0.891. The van der Waals surface area contributed by atoms with Crippen molar-refractivity contribution in [1.82, 2.24) is 0 Å². The fourth-order valence-corrected chi connectivity index (χ4v) is 0.891. The number of aliphatic carboxylic acids is 1. The number of nitrogens with zero attached hydrogens (tertiary/aromatic N) is 1. The van der Waals surface area contributed by atoms with Crippen LogP contribution in [-0.4, -0.2) is 75.4 Å². The minimum Gasteiger partial charge on any atom is -0.550 e. The van der Waals surface area contributed by atoms with Crippen molar-refractivity contribution in [3.8, 4) is 0 Å².